The number of urea groups is 1. The van der Waals surface area contributed by atoms with Crippen molar-refractivity contribution in [2.24, 2.45) is 41.4 Å². The first-order valence-electron chi connectivity index (χ1n) is 38.3. The van der Waals surface area contributed by atoms with Gasteiger partial charge in [-0.2, -0.15) is 0 Å². The molecule has 9 atom stereocenters. The van der Waals surface area contributed by atoms with Gasteiger partial charge in [-0.1, -0.05) is 244 Å². The molecule has 11 heteroatoms. The molecule has 5 N–H and O–H groups in total. The fourth-order valence-corrected chi connectivity index (χ4v) is 14.1. The molecule has 0 aromatic carbocycles. The van der Waals surface area contributed by atoms with E-state index < -0.39 is 0 Å². The van der Waals surface area contributed by atoms with Gasteiger partial charge in [-0.25, -0.2) is 4.79 Å². The van der Waals surface area contributed by atoms with Gasteiger partial charge in [-0.15, -0.1) is 13.2 Å². The van der Waals surface area contributed by atoms with Crippen LogP contribution in [-0.2, 0) is 19.2 Å². The first-order valence-corrected chi connectivity index (χ1v) is 38.3. The summed E-state index contributed by atoms with van der Waals surface area (Å²) in [4.78, 5) is 55.4. The van der Waals surface area contributed by atoms with Crippen molar-refractivity contribution < 1.29 is 24.0 Å². The molecule has 5 fully saturated rings. The Kier molecular flexibility index (Phi) is 56.0. The van der Waals surface area contributed by atoms with E-state index in [9.17, 15) is 19.2 Å². The summed E-state index contributed by atoms with van der Waals surface area (Å²) in [5.41, 5.74) is 2.99. The average molecular weight is 1300 g/mol. The number of nitrogens with zero attached hydrogens (tertiary/aromatic N) is 1. The summed E-state index contributed by atoms with van der Waals surface area (Å²) >= 11 is 0. The largest absolute Gasteiger partial charge is 0.353 e. The lowest BCUT2D eigenvalue weighted by molar-refractivity contribution is -0.122. The van der Waals surface area contributed by atoms with Gasteiger partial charge in [0.1, 0.15) is 6.79 Å². The molecule has 536 valence electrons. The van der Waals surface area contributed by atoms with Gasteiger partial charge in [0, 0.05) is 62.3 Å². The van der Waals surface area contributed by atoms with Gasteiger partial charge in [-0.05, 0) is 172 Å². The Morgan fingerprint density at radius 3 is 1.82 bits per heavy atom. The SMILES string of the molecule is C/C=C/C(=O)NCCC1=CCCCC1.C/C=C/C=C/C(=O)NC1CCCCC1.C=CC[C@H]1CC(C)=C[C@H](CC=C)N1.C=O.CCC1CCN(C(=O)NC(C)C)CC1.CCCC(=O)N[C@H]1CCC[C@@H](C)[C@@H]1C.CCCCCC[C@@H]1CCC[C@@H]1C.CCCC[C@@H]1CCC[C@H]1C. The molecule has 4 saturated carbocycles. The lowest BCUT2D eigenvalue weighted by atomic mass is 9.78. The molecule has 0 aromatic rings. The lowest BCUT2D eigenvalue weighted by Crippen LogP contribution is -2.46. The van der Waals surface area contributed by atoms with Gasteiger partial charge in [0.05, 0.1) is 0 Å². The molecule has 7 aliphatic rings. The number of nitrogens with one attached hydrogen (secondary N) is 5. The summed E-state index contributed by atoms with van der Waals surface area (Å²) in [6, 6.07) is 2.24. The molecule has 0 radical (unpaired) electrons. The molecule has 0 unspecified atom stereocenters. The van der Waals surface area contributed by atoms with E-state index in [4.69, 9.17) is 4.79 Å². The van der Waals surface area contributed by atoms with Crippen molar-refractivity contribution >= 4 is 30.5 Å². The third-order valence-electron chi connectivity index (χ3n) is 20.2. The van der Waals surface area contributed by atoms with Gasteiger partial charge in [0.15, 0.2) is 0 Å². The molecule has 7 rings (SSSR count). The van der Waals surface area contributed by atoms with Crippen molar-refractivity contribution in [3.05, 3.63) is 85.1 Å². The first kappa shape index (κ1) is 88.5. The Hall–Kier alpha value is -4.51. The van der Waals surface area contributed by atoms with Crippen LogP contribution < -0.4 is 26.6 Å². The second-order valence-corrected chi connectivity index (χ2v) is 28.6. The van der Waals surface area contributed by atoms with Crippen molar-refractivity contribution in [1.82, 2.24) is 31.5 Å². The van der Waals surface area contributed by atoms with E-state index in [0.29, 0.717) is 36.5 Å². The number of carbonyl (C=O) groups is 5. The zero-order valence-corrected chi connectivity index (χ0v) is 62.7. The van der Waals surface area contributed by atoms with E-state index in [1.165, 1.54) is 185 Å². The summed E-state index contributed by atoms with van der Waals surface area (Å²) in [7, 11) is 0. The number of hydrogen-bond acceptors (Lipinski definition) is 6. The number of hydrogen-bond donors (Lipinski definition) is 5. The number of piperidine rings is 1. The molecule has 2 heterocycles. The topological polar surface area (TPSA) is 149 Å². The Morgan fingerprint density at radius 1 is 0.656 bits per heavy atom. The Morgan fingerprint density at radius 2 is 1.28 bits per heavy atom. The second kappa shape index (κ2) is 58.8. The maximum absolute atomic E-state index is 11.6. The highest BCUT2D eigenvalue weighted by Crippen LogP contribution is 2.36. The molecular formula is C82H148N6O5. The maximum atomic E-state index is 11.6. The van der Waals surface area contributed by atoms with Crippen LogP contribution in [0, 0.1) is 41.4 Å². The van der Waals surface area contributed by atoms with E-state index in [2.05, 4.69) is 107 Å². The molecular weight excluding hydrogens is 1150 g/mol. The van der Waals surface area contributed by atoms with E-state index in [-0.39, 0.29) is 29.8 Å². The quantitative estimate of drug-likeness (QED) is 0.0281. The summed E-state index contributed by atoms with van der Waals surface area (Å²) in [5.74, 6) is 6.76. The number of allylic oxidation sites excluding steroid dienone is 5. The summed E-state index contributed by atoms with van der Waals surface area (Å²) < 4.78 is 0. The minimum Gasteiger partial charge on any atom is -0.353 e. The van der Waals surface area contributed by atoms with Crippen molar-refractivity contribution in [2.75, 3.05) is 19.6 Å². The monoisotopic (exact) mass is 1300 g/mol. The van der Waals surface area contributed by atoms with Gasteiger partial charge in [0.25, 0.3) is 0 Å². The fourth-order valence-electron chi connectivity index (χ4n) is 14.1. The fraction of sp³-hybridized carbons (Fsp3) is 0.768. The smallest absolute Gasteiger partial charge is 0.317 e. The molecule has 0 bridgehead atoms. The third kappa shape index (κ3) is 45.5. The van der Waals surface area contributed by atoms with Crippen LogP contribution in [0.1, 0.15) is 315 Å². The molecule has 93 heavy (non-hydrogen) atoms. The van der Waals surface area contributed by atoms with Crippen molar-refractivity contribution in [3.8, 4) is 0 Å². The molecule has 5 amide bonds. The van der Waals surface area contributed by atoms with Crippen LogP contribution >= 0.6 is 0 Å². The Balaban J connectivity index is 0.00000106. The van der Waals surface area contributed by atoms with Gasteiger partial charge < -0.3 is 36.3 Å². The van der Waals surface area contributed by atoms with E-state index in [0.717, 1.165) is 100 Å². The second-order valence-electron chi connectivity index (χ2n) is 28.6. The third-order valence-corrected chi connectivity index (χ3v) is 20.2. The predicted molar refractivity (Wildman–Crippen MR) is 402 cm³/mol. The molecule has 0 spiro atoms. The van der Waals surface area contributed by atoms with Gasteiger partial charge in [-0.3, -0.25) is 14.4 Å². The zero-order valence-electron chi connectivity index (χ0n) is 62.7. The Labute approximate surface area is 574 Å². The van der Waals surface area contributed by atoms with Gasteiger partial charge in [0.2, 0.25) is 17.7 Å². The predicted octanol–water partition coefficient (Wildman–Crippen LogP) is 20.7. The molecule has 0 aromatic heterocycles. The minimum absolute atomic E-state index is 0.0175. The van der Waals surface area contributed by atoms with Crippen LogP contribution in [0.3, 0.4) is 0 Å². The van der Waals surface area contributed by atoms with Gasteiger partial charge >= 0.3 is 6.03 Å². The number of unbranched alkanes of at least 4 members (excludes halogenated alkanes) is 4. The first-order chi connectivity index (χ1) is 44.9. The van der Waals surface area contributed by atoms with Crippen LogP contribution in [0.15, 0.2) is 85.1 Å². The number of rotatable bonds is 24. The van der Waals surface area contributed by atoms with Crippen molar-refractivity contribution in [3.63, 3.8) is 0 Å². The van der Waals surface area contributed by atoms with E-state index in [1.54, 1.807) is 24.3 Å². The number of likely N-dealkylation sites (tertiary alicyclic amines) is 1. The Bertz CT molecular complexity index is 2060. The summed E-state index contributed by atoms with van der Waals surface area (Å²) in [6.45, 7) is 40.4. The van der Waals surface area contributed by atoms with E-state index in [1.807, 2.05) is 70.6 Å². The van der Waals surface area contributed by atoms with Crippen molar-refractivity contribution in [2.45, 2.75) is 345 Å². The van der Waals surface area contributed by atoms with Crippen LogP contribution in [0.2, 0.25) is 0 Å². The normalized spacial score (nSPS) is 24.5. The standard InChI is InChI=1S/C12H23NO.2C12H19NO.C12H19N.C12H24.C11H22N2O.C10H20.CH2O/c1-4-6-12(14)13-11-8-5-7-9(2)10(11)3;1-2-6-12(14)13-10-9-11-7-4-3-5-8-11;1-2-3-5-10-12(14)13-11-8-6-4-7-9-11;1-4-6-11-8-10(3)9-12(13-11)7-5-2;1-3-4-5-6-9-12-10-7-8-11(12)2;1-4-10-5-7-13(8-6-10)11(14)12-9(2)3;1-3-4-7-10-8-5-6-9(10)2;1-2/h9-11H,4-8H2,1-3H3,(H,13,14);2,6-7H,3-5,8-10H2,1H3,(H,13,14);2-3,5,10-11H,4,6-9H2,1H3,(H,13,14);4-5,8,11-13H,1-2,6-7,9H2,3H3;11-12H,3-10H2,1-2H3;9-10H,4-8H2,1-3H3,(H,12,14);9-10H,3-8H2,1-2H3;1H2/b;6-2+;3-2+,10-5+;;;;;/t9-,10+,11+;;;11-,12-;11-,12+;;9-,10-;/m1..00.1./s1. The van der Waals surface area contributed by atoms with Crippen molar-refractivity contribution in [1.29, 1.82) is 0 Å². The zero-order chi connectivity index (χ0) is 69.4. The minimum atomic E-state index is 0.0175. The molecule has 5 aliphatic carbocycles. The highest BCUT2D eigenvalue weighted by Gasteiger charge is 2.28. The number of carbonyl (C=O) groups excluding carboxylic acids is 5. The molecule has 2 aliphatic heterocycles. The van der Waals surface area contributed by atoms with Crippen LogP contribution in [-0.4, -0.2) is 85.3 Å². The maximum Gasteiger partial charge on any atom is 0.317 e. The molecule has 11 nitrogen and oxygen atoms in total. The average Bonchev–Trinajstić information content (AvgIpc) is 3.01. The summed E-state index contributed by atoms with van der Waals surface area (Å²) in [6.07, 6.45) is 64.1. The lowest BCUT2D eigenvalue weighted by Gasteiger charge is -2.34. The van der Waals surface area contributed by atoms with E-state index >= 15 is 0 Å². The highest BCUT2D eigenvalue weighted by atomic mass is 16.2. The molecule has 1 saturated heterocycles. The number of amides is 5. The van der Waals surface area contributed by atoms with Crippen LogP contribution in [0.4, 0.5) is 4.79 Å². The highest BCUT2D eigenvalue weighted by molar-refractivity contribution is 5.88. The summed E-state index contributed by atoms with van der Waals surface area (Å²) in [5, 5.41) is 15.5. The van der Waals surface area contributed by atoms with Crippen LogP contribution in [0.25, 0.3) is 0 Å². The van der Waals surface area contributed by atoms with Crippen LogP contribution in [0.5, 0.6) is 0 Å².